The van der Waals surface area contributed by atoms with E-state index in [2.05, 4.69) is 66.5 Å². The van der Waals surface area contributed by atoms with Gasteiger partial charge in [-0.3, -0.25) is 0 Å². The summed E-state index contributed by atoms with van der Waals surface area (Å²) >= 11 is 0. The Morgan fingerprint density at radius 2 is 1.95 bits per heavy atom. The average Bonchev–Trinajstić information content (AvgIpc) is 2.87. The summed E-state index contributed by atoms with van der Waals surface area (Å²) in [6.07, 6.45) is 1.61. The molecule has 102 valence electrons. The summed E-state index contributed by atoms with van der Waals surface area (Å²) in [5.74, 6) is 0.992. The highest BCUT2D eigenvalue weighted by Gasteiger charge is 2.19. The molecule has 1 heterocycles. The Kier molecular flexibility index (Phi) is 4.32. The van der Waals surface area contributed by atoms with Gasteiger partial charge >= 0.3 is 0 Å². The van der Waals surface area contributed by atoms with E-state index < -0.39 is 0 Å². The molecule has 0 spiro atoms. The monoisotopic (exact) mass is 258 g/mol. The van der Waals surface area contributed by atoms with Crippen LogP contribution in [0.3, 0.4) is 0 Å². The summed E-state index contributed by atoms with van der Waals surface area (Å²) in [7, 11) is 0. The van der Waals surface area contributed by atoms with Gasteiger partial charge < -0.3 is 5.32 Å². The van der Waals surface area contributed by atoms with Crippen molar-refractivity contribution in [3.63, 3.8) is 0 Å². The van der Waals surface area contributed by atoms with Crippen LogP contribution in [0.1, 0.15) is 32.2 Å². The van der Waals surface area contributed by atoms with Gasteiger partial charge in [-0.05, 0) is 12.5 Å². The lowest BCUT2D eigenvalue weighted by molar-refractivity contribution is 0.456. The lowest BCUT2D eigenvalue weighted by Gasteiger charge is -2.25. The smallest absolute Gasteiger partial charge is 0.140 e. The van der Waals surface area contributed by atoms with Gasteiger partial charge in [-0.2, -0.15) is 5.10 Å². The van der Waals surface area contributed by atoms with E-state index in [0.29, 0.717) is 0 Å². The standard InChI is InChI=1S/C15H22N4/c1-4-19-14(17-12-18-19)10-16-11-15(2,3)13-8-6-5-7-9-13/h5-9,12,16H,4,10-11H2,1-3H3. The molecule has 0 aliphatic carbocycles. The molecule has 4 nitrogen and oxygen atoms in total. The average molecular weight is 258 g/mol. The minimum Gasteiger partial charge on any atom is -0.309 e. The van der Waals surface area contributed by atoms with E-state index in [9.17, 15) is 0 Å². The fourth-order valence-electron chi connectivity index (χ4n) is 2.17. The summed E-state index contributed by atoms with van der Waals surface area (Å²) in [6.45, 7) is 9.10. The molecule has 0 bridgehead atoms. The molecule has 1 aromatic carbocycles. The SMILES string of the molecule is CCn1ncnc1CNCC(C)(C)c1ccccc1. The molecule has 0 aliphatic rings. The van der Waals surface area contributed by atoms with Crippen molar-refractivity contribution in [2.75, 3.05) is 6.54 Å². The lowest BCUT2D eigenvalue weighted by atomic mass is 9.85. The van der Waals surface area contributed by atoms with Crippen LogP contribution in [0.25, 0.3) is 0 Å². The van der Waals surface area contributed by atoms with Gasteiger partial charge in [0.1, 0.15) is 12.2 Å². The maximum absolute atomic E-state index is 4.27. The summed E-state index contributed by atoms with van der Waals surface area (Å²) in [4.78, 5) is 4.27. The molecule has 0 unspecified atom stereocenters. The third kappa shape index (κ3) is 3.41. The molecule has 1 aromatic heterocycles. The number of benzene rings is 1. The Balaban J connectivity index is 1.92. The zero-order chi connectivity index (χ0) is 13.7. The molecule has 0 amide bonds. The number of nitrogens with one attached hydrogen (secondary N) is 1. The van der Waals surface area contributed by atoms with E-state index >= 15 is 0 Å². The maximum atomic E-state index is 4.27. The van der Waals surface area contributed by atoms with Gasteiger partial charge in [0.25, 0.3) is 0 Å². The highest BCUT2D eigenvalue weighted by Crippen LogP contribution is 2.21. The molecule has 0 saturated carbocycles. The fourth-order valence-corrected chi connectivity index (χ4v) is 2.17. The van der Waals surface area contributed by atoms with E-state index in [1.807, 2.05) is 4.68 Å². The van der Waals surface area contributed by atoms with Crippen molar-refractivity contribution in [3.8, 4) is 0 Å². The number of hydrogen-bond donors (Lipinski definition) is 1. The van der Waals surface area contributed by atoms with Crippen LogP contribution >= 0.6 is 0 Å². The minimum atomic E-state index is 0.109. The van der Waals surface area contributed by atoms with Crippen molar-refractivity contribution < 1.29 is 0 Å². The molecule has 0 aliphatic heterocycles. The Bertz CT molecular complexity index is 502. The second kappa shape index (κ2) is 5.97. The van der Waals surface area contributed by atoms with E-state index in [4.69, 9.17) is 0 Å². The predicted octanol–water partition coefficient (Wildman–Crippen LogP) is 2.37. The second-order valence-corrected chi connectivity index (χ2v) is 5.35. The van der Waals surface area contributed by atoms with Gasteiger partial charge in [0.2, 0.25) is 0 Å². The summed E-state index contributed by atoms with van der Waals surface area (Å²) in [6, 6.07) is 10.6. The minimum absolute atomic E-state index is 0.109. The molecular weight excluding hydrogens is 236 g/mol. The Labute approximate surface area is 114 Å². The molecule has 0 atom stereocenters. The van der Waals surface area contributed by atoms with Crippen molar-refractivity contribution in [1.82, 2.24) is 20.1 Å². The van der Waals surface area contributed by atoms with Gasteiger partial charge in [-0.15, -0.1) is 0 Å². The number of aryl methyl sites for hydroxylation is 1. The number of hydrogen-bond acceptors (Lipinski definition) is 3. The van der Waals surface area contributed by atoms with Crippen LogP contribution in [0.5, 0.6) is 0 Å². The first kappa shape index (κ1) is 13.7. The lowest BCUT2D eigenvalue weighted by Crippen LogP contribution is -2.33. The topological polar surface area (TPSA) is 42.7 Å². The zero-order valence-corrected chi connectivity index (χ0v) is 11.9. The second-order valence-electron chi connectivity index (χ2n) is 5.35. The number of aromatic nitrogens is 3. The summed E-state index contributed by atoms with van der Waals surface area (Å²) < 4.78 is 1.92. The van der Waals surface area contributed by atoms with Crippen LogP contribution < -0.4 is 5.32 Å². The van der Waals surface area contributed by atoms with Crippen LogP contribution in [0.2, 0.25) is 0 Å². The molecule has 2 aromatic rings. The van der Waals surface area contributed by atoms with Crippen LogP contribution in [-0.4, -0.2) is 21.3 Å². The third-order valence-corrected chi connectivity index (χ3v) is 3.40. The van der Waals surface area contributed by atoms with Crippen molar-refractivity contribution >= 4 is 0 Å². The molecule has 2 rings (SSSR count). The van der Waals surface area contributed by atoms with Crippen molar-refractivity contribution in [2.45, 2.75) is 39.3 Å². The molecule has 0 fully saturated rings. The molecule has 19 heavy (non-hydrogen) atoms. The highest BCUT2D eigenvalue weighted by molar-refractivity contribution is 5.23. The molecular formula is C15H22N4. The van der Waals surface area contributed by atoms with E-state index in [-0.39, 0.29) is 5.41 Å². The number of nitrogens with zero attached hydrogens (tertiary/aromatic N) is 3. The first-order valence-corrected chi connectivity index (χ1v) is 6.76. The van der Waals surface area contributed by atoms with Crippen molar-refractivity contribution in [1.29, 1.82) is 0 Å². The van der Waals surface area contributed by atoms with Gasteiger partial charge in [0, 0.05) is 18.5 Å². The van der Waals surface area contributed by atoms with Gasteiger partial charge in [0.05, 0.1) is 6.54 Å². The van der Waals surface area contributed by atoms with E-state index in [1.165, 1.54) is 5.56 Å². The van der Waals surface area contributed by atoms with Crippen LogP contribution in [0.4, 0.5) is 0 Å². The zero-order valence-electron chi connectivity index (χ0n) is 11.9. The number of rotatable bonds is 6. The van der Waals surface area contributed by atoms with Crippen LogP contribution in [-0.2, 0) is 18.5 Å². The van der Waals surface area contributed by atoms with E-state index in [0.717, 1.165) is 25.5 Å². The molecule has 0 saturated heterocycles. The maximum Gasteiger partial charge on any atom is 0.140 e. The third-order valence-electron chi connectivity index (χ3n) is 3.40. The summed E-state index contributed by atoms with van der Waals surface area (Å²) in [5.41, 5.74) is 1.46. The first-order valence-electron chi connectivity index (χ1n) is 6.76. The molecule has 4 heteroatoms. The van der Waals surface area contributed by atoms with Crippen molar-refractivity contribution in [2.24, 2.45) is 0 Å². The van der Waals surface area contributed by atoms with Gasteiger partial charge in [0.15, 0.2) is 0 Å². The molecule has 1 N–H and O–H groups in total. The van der Waals surface area contributed by atoms with Gasteiger partial charge in [-0.25, -0.2) is 9.67 Å². The summed E-state index contributed by atoms with van der Waals surface area (Å²) in [5, 5.41) is 7.65. The van der Waals surface area contributed by atoms with Gasteiger partial charge in [-0.1, -0.05) is 44.2 Å². The Morgan fingerprint density at radius 1 is 1.21 bits per heavy atom. The first-order chi connectivity index (χ1) is 9.13. The van der Waals surface area contributed by atoms with Crippen LogP contribution in [0, 0.1) is 0 Å². The quantitative estimate of drug-likeness (QED) is 0.865. The fraction of sp³-hybridized carbons (Fsp3) is 0.467. The van der Waals surface area contributed by atoms with E-state index in [1.54, 1.807) is 6.33 Å². The van der Waals surface area contributed by atoms with Crippen molar-refractivity contribution in [3.05, 3.63) is 48.0 Å². The highest BCUT2D eigenvalue weighted by atomic mass is 15.3. The Hall–Kier alpha value is -1.68. The predicted molar refractivity (Wildman–Crippen MR) is 76.9 cm³/mol. The normalized spacial score (nSPS) is 11.7. The largest absolute Gasteiger partial charge is 0.309 e. The molecule has 0 radical (unpaired) electrons. The van der Waals surface area contributed by atoms with Crippen LogP contribution in [0.15, 0.2) is 36.7 Å². The Morgan fingerprint density at radius 3 is 2.63 bits per heavy atom.